The standard InChI is InChI=1S/C19H35NO2/c1-3-4-5-6-7-8-9-10-11-12-13-14-15-16-17-18(20-17)19(21)22-2/h18H,3-16H2,1-2H3/t18-/m1/s1. The van der Waals surface area contributed by atoms with E-state index in [1.54, 1.807) is 0 Å². The Labute approximate surface area is 136 Å². The summed E-state index contributed by atoms with van der Waals surface area (Å²) in [4.78, 5) is 15.3. The van der Waals surface area contributed by atoms with Crippen LogP contribution in [0.2, 0.25) is 0 Å². The molecule has 1 atom stereocenters. The van der Waals surface area contributed by atoms with Crippen molar-refractivity contribution >= 4 is 11.7 Å². The molecule has 128 valence electrons. The Kier molecular flexibility index (Phi) is 11.0. The highest BCUT2D eigenvalue weighted by Gasteiger charge is 2.34. The van der Waals surface area contributed by atoms with Crippen molar-refractivity contribution in [2.24, 2.45) is 4.99 Å². The van der Waals surface area contributed by atoms with Gasteiger partial charge in [-0.1, -0.05) is 84.0 Å². The molecule has 0 spiro atoms. The van der Waals surface area contributed by atoms with Crippen LogP contribution in [0.25, 0.3) is 0 Å². The Bertz CT molecular complexity index is 325. The van der Waals surface area contributed by atoms with Gasteiger partial charge in [0.15, 0.2) is 6.04 Å². The number of carbonyl (C=O) groups is 1. The van der Waals surface area contributed by atoms with Crippen LogP contribution in [0.5, 0.6) is 0 Å². The molecule has 0 aliphatic carbocycles. The van der Waals surface area contributed by atoms with Crippen molar-refractivity contribution in [3.63, 3.8) is 0 Å². The molecule has 0 unspecified atom stereocenters. The smallest absolute Gasteiger partial charge is 0.336 e. The highest BCUT2D eigenvalue weighted by Crippen LogP contribution is 2.20. The van der Waals surface area contributed by atoms with Gasteiger partial charge in [0.05, 0.1) is 7.11 Å². The molecule has 0 aromatic rings. The summed E-state index contributed by atoms with van der Waals surface area (Å²) in [6.07, 6.45) is 18.8. The van der Waals surface area contributed by atoms with E-state index in [-0.39, 0.29) is 12.0 Å². The summed E-state index contributed by atoms with van der Waals surface area (Å²) in [6, 6.07) is -0.220. The third-order valence-corrected chi connectivity index (χ3v) is 4.50. The fourth-order valence-corrected chi connectivity index (χ4v) is 2.95. The molecule has 0 aromatic carbocycles. The lowest BCUT2D eigenvalue weighted by Gasteiger charge is -2.02. The molecule has 0 saturated heterocycles. The highest BCUT2D eigenvalue weighted by atomic mass is 16.5. The van der Waals surface area contributed by atoms with E-state index in [0.717, 1.165) is 12.1 Å². The summed E-state index contributed by atoms with van der Waals surface area (Å²) in [5.41, 5.74) is 1.05. The van der Waals surface area contributed by atoms with Crippen LogP contribution in [0.15, 0.2) is 4.99 Å². The molecule has 0 amide bonds. The number of hydrogen-bond donors (Lipinski definition) is 0. The Morgan fingerprint density at radius 2 is 1.32 bits per heavy atom. The maximum absolute atomic E-state index is 11.2. The summed E-state index contributed by atoms with van der Waals surface area (Å²) in [6.45, 7) is 2.27. The van der Waals surface area contributed by atoms with Gasteiger partial charge < -0.3 is 4.74 Å². The van der Waals surface area contributed by atoms with Gasteiger partial charge in [0.2, 0.25) is 0 Å². The van der Waals surface area contributed by atoms with Crippen LogP contribution in [-0.2, 0) is 9.53 Å². The number of rotatable bonds is 15. The largest absolute Gasteiger partial charge is 0.467 e. The molecule has 0 saturated carbocycles. The Morgan fingerprint density at radius 3 is 1.77 bits per heavy atom. The first-order valence-corrected chi connectivity index (χ1v) is 9.44. The SMILES string of the molecule is CCCCCCCCCCCCCCCC1=N[C@H]1C(=O)OC. The summed E-state index contributed by atoms with van der Waals surface area (Å²) >= 11 is 0. The van der Waals surface area contributed by atoms with Crippen LogP contribution >= 0.6 is 0 Å². The summed E-state index contributed by atoms with van der Waals surface area (Å²) < 4.78 is 4.67. The summed E-state index contributed by atoms with van der Waals surface area (Å²) in [7, 11) is 1.43. The number of esters is 1. The summed E-state index contributed by atoms with van der Waals surface area (Å²) in [5, 5.41) is 0. The third kappa shape index (κ3) is 9.22. The first-order valence-electron chi connectivity index (χ1n) is 9.44. The number of unbranched alkanes of at least 4 members (excludes halogenated alkanes) is 12. The van der Waals surface area contributed by atoms with Crippen LogP contribution in [0, 0.1) is 0 Å². The van der Waals surface area contributed by atoms with E-state index in [1.165, 1.54) is 90.6 Å². The Morgan fingerprint density at radius 1 is 0.864 bits per heavy atom. The van der Waals surface area contributed by atoms with Gasteiger partial charge in [-0.05, 0) is 12.8 Å². The minimum atomic E-state index is -0.220. The number of nitrogens with zero attached hydrogens (tertiary/aromatic N) is 1. The van der Waals surface area contributed by atoms with Crippen LogP contribution < -0.4 is 0 Å². The Balaban J connectivity index is 1.72. The highest BCUT2D eigenvalue weighted by molar-refractivity contribution is 6.16. The van der Waals surface area contributed by atoms with Crippen molar-refractivity contribution in [1.82, 2.24) is 0 Å². The van der Waals surface area contributed by atoms with Gasteiger partial charge in [0.25, 0.3) is 0 Å². The molecule has 0 bridgehead atoms. The van der Waals surface area contributed by atoms with E-state index in [2.05, 4.69) is 16.7 Å². The van der Waals surface area contributed by atoms with Crippen molar-refractivity contribution in [1.29, 1.82) is 0 Å². The lowest BCUT2D eigenvalue weighted by atomic mass is 10.0. The number of ether oxygens (including phenoxy) is 1. The lowest BCUT2D eigenvalue weighted by Crippen LogP contribution is -2.14. The maximum Gasteiger partial charge on any atom is 0.336 e. The van der Waals surface area contributed by atoms with Crippen molar-refractivity contribution in [2.75, 3.05) is 7.11 Å². The zero-order chi connectivity index (χ0) is 16.0. The number of aliphatic imine (C=N–C) groups is 1. The predicted molar refractivity (Wildman–Crippen MR) is 93.6 cm³/mol. The molecule has 0 aromatic heterocycles. The molecular formula is C19H35NO2. The predicted octanol–water partition coefficient (Wildman–Crippen LogP) is 5.46. The van der Waals surface area contributed by atoms with E-state index in [4.69, 9.17) is 0 Å². The normalized spacial score (nSPS) is 16.5. The zero-order valence-electron chi connectivity index (χ0n) is 14.7. The second-order valence-corrected chi connectivity index (χ2v) is 6.54. The van der Waals surface area contributed by atoms with Crippen LogP contribution in [-0.4, -0.2) is 24.8 Å². The van der Waals surface area contributed by atoms with E-state index < -0.39 is 0 Å². The van der Waals surface area contributed by atoms with E-state index >= 15 is 0 Å². The molecule has 1 rings (SSSR count). The monoisotopic (exact) mass is 309 g/mol. The lowest BCUT2D eigenvalue weighted by molar-refractivity contribution is -0.139. The fourth-order valence-electron chi connectivity index (χ4n) is 2.95. The first-order chi connectivity index (χ1) is 10.8. The number of hydrogen-bond acceptors (Lipinski definition) is 3. The molecule has 0 N–H and O–H groups in total. The minimum absolute atomic E-state index is 0.190. The molecular weight excluding hydrogens is 274 g/mol. The molecule has 0 fully saturated rings. The minimum Gasteiger partial charge on any atom is -0.467 e. The van der Waals surface area contributed by atoms with Gasteiger partial charge in [0, 0.05) is 5.71 Å². The topological polar surface area (TPSA) is 38.7 Å². The van der Waals surface area contributed by atoms with Crippen molar-refractivity contribution in [3.05, 3.63) is 0 Å². The molecule has 1 heterocycles. The third-order valence-electron chi connectivity index (χ3n) is 4.50. The van der Waals surface area contributed by atoms with Gasteiger partial charge in [-0.15, -0.1) is 0 Å². The Hall–Kier alpha value is -0.860. The summed E-state index contributed by atoms with van der Waals surface area (Å²) in [5.74, 6) is -0.190. The molecule has 22 heavy (non-hydrogen) atoms. The quantitative estimate of drug-likeness (QED) is 0.297. The van der Waals surface area contributed by atoms with Crippen LogP contribution in [0.4, 0.5) is 0 Å². The van der Waals surface area contributed by atoms with Gasteiger partial charge >= 0.3 is 5.97 Å². The van der Waals surface area contributed by atoms with Crippen molar-refractivity contribution in [2.45, 2.75) is 103 Å². The average molecular weight is 309 g/mol. The van der Waals surface area contributed by atoms with Gasteiger partial charge in [-0.25, -0.2) is 4.79 Å². The molecule has 3 heteroatoms. The number of carbonyl (C=O) groups excluding carboxylic acids is 1. The number of methoxy groups -OCH3 is 1. The van der Waals surface area contributed by atoms with E-state index in [0.29, 0.717) is 0 Å². The van der Waals surface area contributed by atoms with Crippen molar-refractivity contribution < 1.29 is 9.53 Å². The van der Waals surface area contributed by atoms with Gasteiger partial charge in [0.1, 0.15) is 0 Å². The molecule has 1 aliphatic heterocycles. The van der Waals surface area contributed by atoms with Gasteiger partial charge in [-0.2, -0.15) is 0 Å². The zero-order valence-corrected chi connectivity index (χ0v) is 14.7. The van der Waals surface area contributed by atoms with Crippen LogP contribution in [0.3, 0.4) is 0 Å². The van der Waals surface area contributed by atoms with Crippen molar-refractivity contribution in [3.8, 4) is 0 Å². The van der Waals surface area contributed by atoms with E-state index in [1.807, 2.05) is 0 Å². The van der Waals surface area contributed by atoms with Crippen LogP contribution in [0.1, 0.15) is 96.8 Å². The average Bonchev–Trinajstić information content (AvgIpc) is 3.30. The molecule has 1 aliphatic rings. The molecule has 3 nitrogen and oxygen atoms in total. The van der Waals surface area contributed by atoms with Gasteiger partial charge in [-0.3, -0.25) is 4.99 Å². The van der Waals surface area contributed by atoms with E-state index in [9.17, 15) is 4.79 Å². The second kappa shape index (κ2) is 12.7. The maximum atomic E-state index is 11.2. The fraction of sp³-hybridized carbons (Fsp3) is 0.895. The second-order valence-electron chi connectivity index (χ2n) is 6.54. The molecule has 0 radical (unpaired) electrons. The first kappa shape index (κ1) is 19.2.